The summed E-state index contributed by atoms with van der Waals surface area (Å²) < 4.78 is 23.4. The highest BCUT2D eigenvalue weighted by molar-refractivity contribution is 7.91. The van der Waals surface area contributed by atoms with E-state index in [1.807, 2.05) is 31.1 Å². The predicted octanol–water partition coefficient (Wildman–Crippen LogP) is -0.0683. The summed E-state index contributed by atoms with van der Waals surface area (Å²) in [5, 5.41) is 8.76. The number of rotatable bonds is 4. The molecule has 0 saturated carbocycles. The van der Waals surface area contributed by atoms with Crippen molar-refractivity contribution < 1.29 is 13.2 Å². The first-order valence-corrected chi connectivity index (χ1v) is 8.93. The normalized spacial score (nSPS) is 12.8. The number of benzene rings is 1. The summed E-state index contributed by atoms with van der Waals surface area (Å²) in [7, 11) is 1.51. The molecule has 0 aliphatic carbocycles. The smallest absolute Gasteiger partial charge is 0.279 e. The van der Waals surface area contributed by atoms with Crippen LogP contribution in [0.25, 0.3) is 0 Å². The van der Waals surface area contributed by atoms with Gasteiger partial charge in [0.05, 0.1) is 0 Å². The Morgan fingerprint density at radius 3 is 2.43 bits per heavy atom. The quantitative estimate of drug-likeness (QED) is 0.825. The van der Waals surface area contributed by atoms with Crippen molar-refractivity contribution in [3.63, 3.8) is 0 Å². The van der Waals surface area contributed by atoms with E-state index in [0.717, 1.165) is 23.4 Å². The lowest BCUT2D eigenvalue weighted by atomic mass is 10.1. The van der Waals surface area contributed by atoms with E-state index in [1.54, 1.807) is 12.1 Å². The summed E-state index contributed by atoms with van der Waals surface area (Å²) in [6, 6.07) is 7.08. The molecule has 2 rings (SSSR count). The molecule has 2 N–H and O–H groups in total. The van der Waals surface area contributed by atoms with Crippen molar-refractivity contribution in [1.29, 1.82) is 0 Å². The Hall–Kier alpha value is -1.88. The Morgan fingerprint density at radius 2 is 1.96 bits per heavy atom. The van der Waals surface area contributed by atoms with E-state index in [9.17, 15) is 13.2 Å². The maximum atomic E-state index is 12.2. The monoisotopic (exact) mass is 355 g/mol. The molecule has 0 radical (unpaired) electrons. The average molecular weight is 355 g/mol. The lowest BCUT2D eigenvalue weighted by Gasteiger charge is -2.09. The zero-order chi connectivity index (χ0) is 17.2. The number of aromatic nitrogens is 2. The molecule has 0 bridgehead atoms. The van der Waals surface area contributed by atoms with E-state index < -0.39 is 15.9 Å². The highest BCUT2D eigenvalue weighted by Crippen LogP contribution is 2.08. The second-order valence-corrected chi connectivity index (χ2v) is 7.86. The third kappa shape index (κ3) is 4.55. The van der Waals surface area contributed by atoms with Crippen LogP contribution in [0, 0.1) is 0 Å². The van der Waals surface area contributed by atoms with Gasteiger partial charge in [0.2, 0.25) is 9.14 Å². The SMILES string of the molecule is CN(C)Cc1ccc(C(=O)N=c2sc(S(N)(=O)=O)nn2C)cc1. The van der Waals surface area contributed by atoms with Crippen LogP contribution in [0.1, 0.15) is 15.9 Å². The van der Waals surface area contributed by atoms with Crippen molar-refractivity contribution in [2.75, 3.05) is 14.1 Å². The van der Waals surface area contributed by atoms with Crippen molar-refractivity contribution >= 4 is 27.3 Å². The van der Waals surface area contributed by atoms with Crippen LogP contribution in [0.5, 0.6) is 0 Å². The third-order valence-corrected chi connectivity index (χ3v) is 5.14. The fraction of sp³-hybridized carbons (Fsp3) is 0.308. The van der Waals surface area contributed by atoms with Gasteiger partial charge in [-0.3, -0.25) is 4.79 Å². The first-order valence-electron chi connectivity index (χ1n) is 6.56. The van der Waals surface area contributed by atoms with Gasteiger partial charge in [-0.15, -0.1) is 5.10 Å². The van der Waals surface area contributed by atoms with Crippen molar-refractivity contribution in [1.82, 2.24) is 14.7 Å². The molecule has 0 aliphatic heterocycles. The van der Waals surface area contributed by atoms with Crippen molar-refractivity contribution in [3.8, 4) is 0 Å². The van der Waals surface area contributed by atoms with Crippen LogP contribution >= 0.6 is 11.3 Å². The van der Waals surface area contributed by atoms with Gasteiger partial charge < -0.3 is 4.90 Å². The summed E-state index contributed by atoms with van der Waals surface area (Å²) in [5.41, 5.74) is 1.49. The van der Waals surface area contributed by atoms with E-state index in [-0.39, 0.29) is 9.14 Å². The van der Waals surface area contributed by atoms with E-state index in [0.29, 0.717) is 5.56 Å². The predicted molar refractivity (Wildman–Crippen MR) is 86.2 cm³/mol. The zero-order valence-electron chi connectivity index (χ0n) is 12.9. The van der Waals surface area contributed by atoms with Crippen LogP contribution in [-0.4, -0.2) is 43.1 Å². The highest BCUT2D eigenvalue weighted by atomic mass is 32.2. The Bertz CT molecular complexity index is 879. The van der Waals surface area contributed by atoms with Crippen molar-refractivity contribution in [2.24, 2.45) is 17.2 Å². The summed E-state index contributed by atoms with van der Waals surface area (Å²) in [6.07, 6.45) is 0. The molecule has 23 heavy (non-hydrogen) atoms. The minimum Gasteiger partial charge on any atom is -0.305 e. The minimum atomic E-state index is -3.91. The maximum absolute atomic E-state index is 12.2. The molecule has 1 heterocycles. The van der Waals surface area contributed by atoms with Gasteiger partial charge >= 0.3 is 0 Å². The van der Waals surface area contributed by atoms with Gasteiger partial charge in [0.15, 0.2) is 0 Å². The molecule has 1 aromatic heterocycles. The molecule has 0 fully saturated rings. The average Bonchev–Trinajstić information content (AvgIpc) is 2.80. The van der Waals surface area contributed by atoms with E-state index in [2.05, 4.69) is 10.1 Å². The molecule has 0 spiro atoms. The lowest BCUT2D eigenvalue weighted by Crippen LogP contribution is -2.15. The first kappa shape index (κ1) is 17.5. The summed E-state index contributed by atoms with van der Waals surface area (Å²) in [4.78, 5) is 18.3. The zero-order valence-corrected chi connectivity index (χ0v) is 14.6. The number of hydrogen-bond donors (Lipinski definition) is 1. The number of aryl methyl sites for hydroxylation is 1. The number of nitrogens with zero attached hydrogens (tertiary/aromatic N) is 4. The van der Waals surface area contributed by atoms with E-state index in [4.69, 9.17) is 5.14 Å². The number of carbonyl (C=O) groups is 1. The Morgan fingerprint density at radius 1 is 1.35 bits per heavy atom. The molecule has 0 aliphatic rings. The second kappa shape index (κ2) is 6.71. The largest absolute Gasteiger partial charge is 0.305 e. The molecule has 0 atom stereocenters. The van der Waals surface area contributed by atoms with Crippen LogP contribution in [0.2, 0.25) is 0 Å². The number of primary sulfonamides is 1. The van der Waals surface area contributed by atoms with Crippen LogP contribution < -0.4 is 9.94 Å². The Kier molecular flexibility index (Phi) is 5.09. The number of amides is 1. The number of carbonyl (C=O) groups excluding carboxylic acids is 1. The van der Waals surface area contributed by atoms with Crippen molar-refractivity contribution in [2.45, 2.75) is 10.9 Å². The molecular weight excluding hydrogens is 338 g/mol. The summed E-state index contributed by atoms with van der Waals surface area (Å²) in [5.74, 6) is -0.471. The molecule has 124 valence electrons. The summed E-state index contributed by atoms with van der Waals surface area (Å²) in [6.45, 7) is 0.771. The van der Waals surface area contributed by atoms with Crippen LogP contribution in [0.3, 0.4) is 0 Å². The number of hydrogen-bond acceptors (Lipinski definition) is 6. The molecular formula is C13H17N5O3S2. The molecule has 2 aromatic rings. The second-order valence-electron chi connectivity index (χ2n) is 5.17. The third-order valence-electron chi connectivity index (χ3n) is 2.83. The topological polar surface area (TPSA) is 111 Å². The van der Waals surface area contributed by atoms with Gasteiger partial charge in [-0.2, -0.15) is 4.99 Å². The first-order chi connectivity index (χ1) is 10.7. The maximum Gasteiger partial charge on any atom is 0.279 e. The Labute approximate surface area is 137 Å². The van der Waals surface area contributed by atoms with E-state index in [1.165, 1.54) is 11.7 Å². The van der Waals surface area contributed by atoms with Gasteiger partial charge in [0.1, 0.15) is 0 Å². The van der Waals surface area contributed by atoms with Crippen LogP contribution in [0.15, 0.2) is 33.6 Å². The lowest BCUT2D eigenvalue weighted by molar-refractivity contribution is 0.0997. The fourth-order valence-corrected chi connectivity index (χ4v) is 3.35. The highest BCUT2D eigenvalue weighted by Gasteiger charge is 2.15. The molecule has 1 amide bonds. The molecule has 1 aromatic carbocycles. The van der Waals surface area contributed by atoms with Gasteiger partial charge in [-0.05, 0) is 31.8 Å². The minimum absolute atomic E-state index is 0.163. The standard InChI is InChI=1S/C13H17N5O3S2/c1-17(2)8-9-4-6-10(7-5-9)11(19)15-12-18(3)16-13(22-12)23(14,20)21/h4-7H,8H2,1-3H3,(H2,14,20,21). The van der Waals surface area contributed by atoms with E-state index >= 15 is 0 Å². The number of nitrogens with two attached hydrogens (primary N) is 1. The summed E-state index contributed by atoms with van der Waals surface area (Å²) >= 11 is 0.746. The fourth-order valence-electron chi connectivity index (χ4n) is 1.81. The van der Waals surface area contributed by atoms with Crippen molar-refractivity contribution in [3.05, 3.63) is 40.2 Å². The molecule has 0 saturated heterocycles. The number of sulfonamides is 1. The molecule has 0 unspecified atom stereocenters. The van der Waals surface area contributed by atoms with Gasteiger partial charge in [-0.25, -0.2) is 18.2 Å². The Balaban J connectivity index is 2.29. The molecule has 10 heteroatoms. The van der Waals surface area contributed by atoms with Gasteiger partial charge in [-0.1, -0.05) is 23.5 Å². The molecule has 8 nitrogen and oxygen atoms in total. The van der Waals surface area contributed by atoms with Gasteiger partial charge in [0, 0.05) is 19.2 Å². The van der Waals surface area contributed by atoms with Crippen LogP contribution in [0.4, 0.5) is 0 Å². The van der Waals surface area contributed by atoms with Crippen LogP contribution in [-0.2, 0) is 23.6 Å². The van der Waals surface area contributed by atoms with Gasteiger partial charge in [0.25, 0.3) is 15.9 Å².